The van der Waals surface area contributed by atoms with Gasteiger partial charge in [-0.15, -0.1) is 11.3 Å². The van der Waals surface area contributed by atoms with Gasteiger partial charge in [0.15, 0.2) is 0 Å². The molecule has 2 aromatic carbocycles. The van der Waals surface area contributed by atoms with Crippen LogP contribution in [-0.4, -0.2) is 35.0 Å². The molecule has 4 N–H and O–H groups in total. The molecular formula is C25H25N3O4S. The largest absolute Gasteiger partial charge is 0.398 e. The van der Waals surface area contributed by atoms with E-state index in [9.17, 15) is 19.5 Å². The van der Waals surface area contributed by atoms with Crippen molar-refractivity contribution in [2.45, 2.75) is 38.3 Å². The Kier molecular flexibility index (Phi) is 6.31. The number of rotatable bonds is 5. The average Bonchev–Trinajstić information content (AvgIpc) is 3.26. The van der Waals surface area contributed by atoms with Gasteiger partial charge in [-0.25, -0.2) is 4.90 Å². The number of hydrogen-bond acceptors (Lipinski definition) is 6. The summed E-state index contributed by atoms with van der Waals surface area (Å²) in [7, 11) is 0. The summed E-state index contributed by atoms with van der Waals surface area (Å²) in [5, 5.41) is 14.9. The highest BCUT2D eigenvalue weighted by molar-refractivity contribution is 7.10. The van der Waals surface area contributed by atoms with Crippen LogP contribution in [0.5, 0.6) is 0 Å². The zero-order valence-electron chi connectivity index (χ0n) is 18.3. The minimum absolute atomic E-state index is 0.0769. The monoisotopic (exact) mass is 463 g/mol. The van der Waals surface area contributed by atoms with Crippen LogP contribution in [-0.2, 0) is 20.8 Å². The van der Waals surface area contributed by atoms with E-state index in [0.717, 1.165) is 20.9 Å². The van der Waals surface area contributed by atoms with Crippen LogP contribution < -0.4 is 16.0 Å². The molecule has 2 heterocycles. The van der Waals surface area contributed by atoms with Crippen molar-refractivity contribution in [2.24, 2.45) is 0 Å². The molecule has 1 aliphatic heterocycles. The van der Waals surface area contributed by atoms with Crippen molar-refractivity contribution < 1.29 is 19.5 Å². The predicted molar refractivity (Wildman–Crippen MR) is 129 cm³/mol. The van der Waals surface area contributed by atoms with Crippen LogP contribution in [0.25, 0.3) is 11.1 Å². The second-order valence-corrected chi connectivity index (χ2v) is 9.14. The van der Waals surface area contributed by atoms with Crippen LogP contribution in [0.1, 0.15) is 30.2 Å². The summed E-state index contributed by atoms with van der Waals surface area (Å²) >= 11 is 1.43. The number of nitrogens with two attached hydrogens (primary N) is 1. The molecule has 3 amide bonds. The summed E-state index contributed by atoms with van der Waals surface area (Å²) in [6, 6.07) is 14.8. The van der Waals surface area contributed by atoms with E-state index in [1.807, 2.05) is 41.8 Å². The zero-order valence-corrected chi connectivity index (χ0v) is 19.1. The Morgan fingerprint density at radius 1 is 1.15 bits per heavy atom. The fourth-order valence-electron chi connectivity index (χ4n) is 4.14. The van der Waals surface area contributed by atoms with Gasteiger partial charge in [-0.3, -0.25) is 14.4 Å². The summed E-state index contributed by atoms with van der Waals surface area (Å²) in [6.07, 6.45) is -1.14. The second kappa shape index (κ2) is 9.17. The molecule has 0 spiro atoms. The first-order valence-corrected chi connectivity index (χ1v) is 11.5. The van der Waals surface area contributed by atoms with Gasteiger partial charge in [0.1, 0.15) is 6.04 Å². The molecule has 3 aromatic rings. The molecule has 0 aliphatic carbocycles. The number of hydrogen-bond donors (Lipinski definition) is 3. The van der Waals surface area contributed by atoms with Crippen LogP contribution >= 0.6 is 11.3 Å². The fourth-order valence-corrected chi connectivity index (χ4v) is 4.84. The van der Waals surface area contributed by atoms with E-state index in [1.54, 1.807) is 25.1 Å². The number of anilines is 2. The van der Waals surface area contributed by atoms with Gasteiger partial charge in [-0.2, -0.15) is 0 Å². The molecule has 1 unspecified atom stereocenters. The van der Waals surface area contributed by atoms with E-state index in [0.29, 0.717) is 16.9 Å². The number of carbonyl (C=O) groups is 3. The Hall–Kier alpha value is -3.49. The summed E-state index contributed by atoms with van der Waals surface area (Å²) in [6.45, 7) is 3.14. The van der Waals surface area contributed by atoms with Crippen LogP contribution in [0.4, 0.5) is 11.4 Å². The number of fused-ring (bicyclic) bond motifs is 3. The summed E-state index contributed by atoms with van der Waals surface area (Å²) in [4.78, 5) is 41.8. The Bertz CT molecular complexity index is 1210. The molecule has 4 rings (SSSR count). The third-order valence-electron chi connectivity index (χ3n) is 5.80. The Labute approximate surface area is 195 Å². The first-order valence-electron chi connectivity index (χ1n) is 10.6. The maximum absolute atomic E-state index is 13.7. The number of nitrogens with zero attached hydrogens (tertiary/aromatic N) is 1. The predicted octanol–water partition coefficient (Wildman–Crippen LogP) is 3.08. The summed E-state index contributed by atoms with van der Waals surface area (Å²) in [5.41, 5.74) is 9.17. The van der Waals surface area contributed by atoms with Gasteiger partial charge in [0.05, 0.1) is 24.1 Å². The van der Waals surface area contributed by atoms with Crippen molar-refractivity contribution in [1.82, 2.24) is 5.32 Å². The maximum Gasteiger partial charge on any atom is 0.259 e. The molecule has 7 nitrogen and oxygen atoms in total. The van der Waals surface area contributed by atoms with Crippen molar-refractivity contribution in [3.8, 4) is 11.1 Å². The average molecular weight is 464 g/mol. The minimum Gasteiger partial charge on any atom is -0.398 e. The highest BCUT2D eigenvalue weighted by Crippen LogP contribution is 2.44. The fraction of sp³-hybridized carbons (Fsp3) is 0.240. The third-order valence-corrected chi connectivity index (χ3v) is 6.68. The zero-order chi connectivity index (χ0) is 23.7. The molecule has 0 saturated carbocycles. The van der Waals surface area contributed by atoms with Gasteiger partial charge in [-0.05, 0) is 48.6 Å². The van der Waals surface area contributed by atoms with Gasteiger partial charge in [0, 0.05) is 16.1 Å². The lowest BCUT2D eigenvalue weighted by molar-refractivity contribution is -0.133. The Morgan fingerprint density at radius 2 is 1.91 bits per heavy atom. The number of amides is 3. The highest BCUT2D eigenvalue weighted by Gasteiger charge is 2.40. The molecular weight excluding hydrogens is 438 g/mol. The number of benzene rings is 2. The van der Waals surface area contributed by atoms with Crippen LogP contribution in [0.2, 0.25) is 0 Å². The number of carbonyl (C=O) groups excluding carboxylic acids is 3. The minimum atomic E-state index is -1.30. The molecule has 0 fully saturated rings. The number of imide groups is 1. The molecule has 1 aromatic heterocycles. The van der Waals surface area contributed by atoms with Gasteiger partial charge in [0.2, 0.25) is 11.8 Å². The van der Waals surface area contributed by atoms with E-state index < -0.39 is 35.8 Å². The molecule has 170 valence electrons. The lowest BCUT2D eigenvalue weighted by Crippen LogP contribution is -2.56. The van der Waals surface area contributed by atoms with Crippen molar-refractivity contribution >= 4 is 40.4 Å². The Balaban J connectivity index is 1.75. The van der Waals surface area contributed by atoms with Gasteiger partial charge in [0.25, 0.3) is 5.91 Å². The van der Waals surface area contributed by atoms with Crippen molar-refractivity contribution in [3.05, 3.63) is 70.4 Å². The van der Waals surface area contributed by atoms with E-state index in [2.05, 4.69) is 5.32 Å². The second-order valence-electron chi connectivity index (χ2n) is 8.10. The molecule has 33 heavy (non-hydrogen) atoms. The lowest BCUT2D eigenvalue weighted by atomic mass is 9.92. The summed E-state index contributed by atoms with van der Waals surface area (Å²) < 4.78 is 0. The number of nitrogen functional groups attached to an aromatic ring is 1. The summed E-state index contributed by atoms with van der Waals surface area (Å²) in [5.74, 6) is -2.20. The van der Waals surface area contributed by atoms with E-state index in [-0.39, 0.29) is 6.42 Å². The van der Waals surface area contributed by atoms with Crippen molar-refractivity contribution in [1.29, 1.82) is 0 Å². The van der Waals surface area contributed by atoms with Crippen LogP contribution in [0, 0.1) is 0 Å². The number of nitrogens with one attached hydrogen (secondary N) is 1. The number of aliphatic hydroxyl groups is 1. The van der Waals surface area contributed by atoms with E-state index in [4.69, 9.17) is 5.73 Å². The highest BCUT2D eigenvalue weighted by atomic mass is 32.1. The SMILES string of the molecule is CC1C(=O)N(C(=O)[C@@H](NC(=O)Cc2cccs2)[C@@H](C)O)c2cccc(N)c2-c2ccccc21. The normalized spacial score (nSPS) is 16.9. The van der Waals surface area contributed by atoms with Crippen LogP contribution in [0.3, 0.4) is 0 Å². The molecule has 3 atom stereocenters. The smallest absolute Gasteiger partial charge is 0.259 e. The Morgan fingerprint density at radius 3 is 2.61 bits per heavy atom. The maximum atomic E-state index is 13.7. The molecule has 8 heteroatoms. The molecule has 0 bridgehead atoms. The van der Waals surface area contributed by atoms with Gasteiger partial charge >= 0.3 is 0 Å². The van der Waals surface area contributed by atoms with E-state index in [1.165, 1.54) is 18.3 Å². The van der Waals surface area contributed by atoms with Crippen molar-refractivity contribution in [2.75, 3.05) is 10.6 Å². The molecule has 0 saturated heterocycles. The molecule has 0 radical (unpaired) electrons. The van der Waals surface area contributed by atoms with Crippen LogP contribution in [0.15, 0.2) is 60.0 Å². The van der Waals surface area contributed by atoms with E-state index >= 15 is 0 Å². The van der Waals surface area contributed by atoms with Gasteiger partial charge in [-0.1, -0.05) is 36.4 Å². The topological polar surface area (TPSA) is 113 Å². The third kappa shape index (κ3) is 4.27. The first-order chi connectivity index (χ1) is 15.8. The quantitative estimate of drug-likeness (QED) is 0.504. The lowest BCUT2D eigenvalue weighted by Gasteiger charge is -2.29. The van der Waals surface area contributed by atoms with Gasteiger partial charge < -0.3 is 16.2 Å². The first kappa shape index (κ1) is 22.7. The number of thiophene rings is 1. The standard InChI is InChI=1S/C25H25N3O4S/c1-14-17-8-3-4-9-18(17)22-19(26)10-5-11-20(22)28(24(14)31)25(32)23(15(2)29)27-21(30)13-16-7-6-12-33-16/h3-12,14-15,23,29H,13,26H2,1-2H3,(H,27,30)/t14?,15-,23+/m1/s1. The number of aliphatic hydroxyl groups excluding tert-OH is 1. The molecule has 1 aliphatic rings. The van der Waals surface area contributed by atoms with Crippen molar-refractivity contribution in [3.63, 3.8) is 0 Å².